The maximum absolute atomic E-state index is 5.87. The molecule has 0 amide bonds. The van der Waals surface area contributed by atoms with Gasteiger partial charge in [-0.3, -0.25) is 0 Å². The predicted octanol–water partition coefficient (Wildman–Crippen LogP) is 1.37. The molecule has 0 aliphatic heterocycles. The number of ether oxygens (including phenoxy) is 1. The molecule has 1 aromatic carbocycles. The fourth-order valence-corrected chi connectivity index (χ4v) is 2.18. The molecule has 118 valence electrons. The second kappa shape index (κ2) is 8.19. The van der Waals surface area contributed by atoms with Crippen LogP contribution in [0, 0.1) is 0 Å². The molecule has 2 rings (SSSR count). The molecule has 0 bridgehead atoms. The van der Waals surface area contributed by atoms with E-state index in [0.29, 0.717) is 19.1 Å². The fraction of sp³-hybridized carbons (Fsp3) is 0.375. The number of nitrogens with one attached hydrogen (secondary N) is 1. The zero-order valence-electron chi connectivity index (χ0n) is 13.1. The van der Waals surface area contributed by atoms with E-state index in [2.05, 4.69) is 27.4 Å². The topological polar surface area (TPSA) is 77.5 Å². The number of methoxy groups -OCH3 is 1. The molecule has 2 aromatic rings. The molecule has 6 heteroatoms. The zero-order chi connectivity index (χ0) is 15.8. The van der Waals surface area contributed by atoms with Crippen LogP contribution in [0.4, 0.5) is 0 Å². The van der Waals surface area contributed by atoms with Crippen LogP contribution in [0.15, 0.2) is 48.0 Å². The molecule has 0 saturated heterocycles. The average Bonchev–Trinajstić information content (AvgIpc) is 2.99. The van der Waals surface area contributed by atoms with Gasteiger partial charge in [0.1, 0.15) is 0 Å². The molecular formula is C16H23N5O. The lowest BCUT2D eigenvalue weighted by molar-refractivity contribution is 0.179. The molecule has 6 nitrogen and oxygen atoms in total. The fourth-order valence-electron chi connectivity index (χ4n) is 2.18. The first-order valence-electron chi connectivity index (χ1n) is 7.26. The number of hydrogen-bond donors (Lipinski definition) is 2. The molecular weight excluding hydrogens is 278 g/mol. The SMILES string of the molecule is COCC(C)NC(N)=NCc1cccc(Cn2ccnc2)c1. The quantitative estimate of drug-likeness (QED) is 0.598. The highest BCUT2D eigenvalue weighted by Crippen LogP contribution is 2.08. The van der Waals surface area contributed by atoms with Gasteiger partial charge in [0.25, 0.3) is 0 Å². The number of aliphatic imine (C=N–C) groups is 1. The summed E-state index contributed by atoms with van der Waals surface area (Å²) in [5.74, 6) is 0.435. The number of aromatic nitrogens is 2. The van der Waals surface area contributed by atoms with Crippen LogP contribution in [-0.2, 0) is 17.8 Å². The van der Waals surface area contributed by atoms with Crippen LogP contribution in [0.25, 0.3) is 0 Å². The highest BCUT2D eigenvalue weighted by atomic mass is 16.5. The summed E-state index contributed by atoms with van der Waals surface area (Å²) in [7, 11) is 1.66. The van der Waals surface area contributed by atoms with Gasteiger partial charge in [-0.1, -0.05) is 24.3 Å². The number of guanidine groups is 1. The molecule has 0 radical (unpaired) electrons. The zero-order valence-corrected chi connectivity index (χ0v) is 13.1. The van der Waals surface area contributed by atoms with E-state index in [1.165, 1.54) is 5.56 Å². The van der Waals surface area contributed by atoms with E-state index in [1.807, 2.05) is 36.1 Å². The second-order valence-corrected chi connectivity index (χ2v) is 5.26. The summed E-state index contributed by atoms with van der Waals surface area (Å²) in [5, 5.41) is 3.09. The van der Waals surface area contributed by atoms with Gasteiger partial charge in [-0.25, -0.2) is 9.98 Å². The molecule has 0 spiro atoms. The summed E-state index contributed by atoms with van der Waals surface area (Å²) < 4.78 is 7.08. The van der Waals surface area contributed by atoms with Crippen molar-refractivity contribution in [2.45, 2.75) is 26.1 Å². The van der Waals surface area contributed by atoms with Crippen LogP contribution in [0.3, 0.4) is 0 Å². The minimum atomic E-state index is 0.140. The van der Waals surface area contributed by atoms with Crippen molar-refractivity contribution in [3.05, 3.63) is 54.1 Å². The van der Waals surface area contributed by atoms with Gasteiger partial charge < -0.3 is 20.4 Å². The number of nitrogens with zero attached hydrogens (tertiary/aromatic N) is 3. The normalized spacial score (nSPS) is 13.1. The molecule has 0 aliphatic rings. The standard InChI is InChI=1S/C16H23N5O/c1-13(11-22-2)20-16(17)19-9-14-4-3-5-15(8-14)10-21-7-6-18-12-21/h3-8,12-13H,9-11H2,1-2H3,(H3,17,19,20). The Morgan fingerprint density at radius 1 is 1.45 bits per heavy atom. The van der Waals surface area contributed by atoms with Gasteiger partial charge in [0, 0.05) is 32.1 Å². The van der Waals surface area contributed by atoms with Crippen LogP contribution in [0.5, 0.6) is 0 Å². The minimum absolute atomic E-state index is 0.140. The first-order chi connectivity index (χ1) is 10.7. The van der Waals surface area contributed by atoms with Crippen LogP contribution in [0.2, 0.25) is 0 Å². The Morgan fingerprint density at radius 2 is 2.27 bits per heavy atom. The van der Waals surface area contributed by atoms with Gasteiger partial charge in [0.2, 0.25) is 0 Å². The first kappa shape index (κ1) is 16.0. The lowest BCUT2D eigenvalue weighted by Crippen LogP contribution is -2.40. The minimum Gasteiger partial charge on any atom is -0.383 e. The Labute approximate surface area is 131 Å². The van der Waals surface area contributed by atoms with Gasteiger partial charge in [-0.15, -0.1) is 0 Å². The van der Waals surface area contributed by atoms with E-state index in [-0.39, 0.29) is 6.04 Å². The highest BCUT2D eigenvalue weighted by molar-refractivity contribution is 5.78. The van der Waals surface area contributed by atoms with Crippen molar-refractivity contribution in [1.29, 1.82) is 0 Å². The number of imidazole rings is 1. The summed E-state index contributed by atoms with van der Waals surface area (Å²) >= 11 is 0. The third-order valence-corrected chi connectivity index (χ3v) is 3.16. The summed E-state index contributed by atoms with van der Waals surface area (Å²) in [6.45, 7) is 3.95. The van der Waals surface area contributed by atoms with Crippen molar-refractivity contribution in [3.8, 4) is 0 Å². The Balaban J connectivity index is 1.92. The van der Waals surface area contributed by atoms with Crippen LogP contribution >= 0.6 is 0 Å². The predicted molar refractivity (Wildman–Crippen MR) is 87.6 cm³/mol. The van der Waals surface area contributed by atoms with Crippen molar-refractivity contribution in [1.82, 2.24) is 14.9 Å². The van der Waals surface area contributed by atoms with E-state index in [9.17, 15) is 0 Å². The number of nitrogens with two attached hydrogens (primary N) is 1. The van der Waals surface area contributed by atoms with E-state index in [4.69, 9.17) is 10.5 Å². The molecule has 1 aromatic heterocycles. The van der Waals surface area contributed by atoms with E-state index >= 15 is 0 Å². The summed E-state index contributed by atoms with van der Waals surface area (Å²) in [6, 6.07) is 8.45. The largest absolute Gasteiger partial charge is 0.383 e. The van der Waals surface area contributed by atoms with Crippen molar-refractivity contribution in [2.75, 3.05) is 13.7 Å². The number of rotatable bonds is 7. The number of benzene rings is 1. The molecule has 0 aliphatic carbocycles. The first-order valence-corrected chi connectivity index (χ1v) is 7.26. The average molecular weight is 301 g/mol. The van der Waals surface area contributed by atoms with E-state index in [1.54, 1.807) is 13.3 Å². The maximum Gasteiger partial charge on any atom is 0.189 e. The van der Waals surface area contributed by atoms with Gasteiger partial charge in [0.15, 0.2) is 5.96 Å². The molecule has 3 N–H and O–H groups in total. The van der Waals surface area contributed by atoms with Crippen molar-refractivity contribution >= 4 is 5.96 Å². The summed E-state index contributed by atoms with van der Waals surface area (Å²) in [4.78, 5) is 8.41. The molecule has 1 unspecified atom stereocenters. The van der Waals surface area contributed by atoms with Gasteiger partial charge >= 0.3 is 0 Å². The molecule has 0 saturated carbocycles. The summed E-state index contributed by atoms with van der Waals surface area (Å²) in [5.41, 5.74) is 8.21. The molecule has 1 atom stereocenters. The third-order valence-electron chi connectivity index (χ3n) is 3.16. The van der Waals surface area contributed by atoms with Crippen molar-refractivity contribution in [2.24, 2.45) is 10.7 Å². The smallest absolute Gasteiger partial charge is 0.189 e. The Bertz CT molecular complexity index is 594. The second-order valence-electron chi connectivity index (χ2n) is 5.26. The van der Waals surface area contributed by atoms with Gasteiger partial charge in [0.05, 0.1) is 19.5 Å². The maximum atomic E-state index is 5.87. The van der Waals surface area contributed by atoms with Crippen molar-refractivity contribution in [3.63, 3.8) is 0 Å². The highest BCUT2D eigenvalue weighted by Gasteiger charge is 2.02. The third kappa shape index (κ3) is 5.21. The lowest BCUT2D eigenvalue weighted by atomic mass is 10.1. The van der Waals surface area contributed by atoms with E-state index < -0.39 is 0 Å². The van der Waals surface area contributed by atoms with Crippen LogP contribution in [0.1, 0.15) is 18.1 Å². The number of hydrogen-bond acceptors (Lipinski definition) is 3. The molecule has 22 heavy (non-hydrogen) atoms. The Kier molecular flexibility index (Phi) is 5.97. The van der Waals surface area contributed by atoms with Crippen LogP contribution in [-0.4, -0.2) is 35.3 Å². The Morgan fingerprint density at radius 3 is 3.00 bits per heavy atom. The Hall–Kier alpha value is -2.34. The van der Waals surface area contributed by atoms with Gasteiger partial charge in [-0.05, 0) is 18.1 Å². The van der Waals surface area contributed by atoms with Crippen LogP contribution < -0.4 is 11.1 Å². The lowest BCUT2D eigenvalue weighted by Gasteiger charge is -2.13. The molecule has 1 heterocycles. The summed E-state index contributed by atoms with van der Waals surface area (Å²) in [6.07, 6.45) is 5.54. The van der Waals surface area contributed by atoms with E-state index in [0.717, 1.165) is 12.1 Å². The van der Waals surface area contributed by atoms with Crippen molar-refractivity contribution < 1.29 is 4.74 Å². The van der Waals surface area contributed by atoms with Gasteiger partial charge in [-0.2, -0.15) is 0 Å². The molecule has 0 fully saturated rings. The monoisotopic (exact) mass is 301 g/mol.